The topological polar surface area (TPSA) is 50.4 Å². The lowest BCUT2D eigenvalue weighted by atomic mass is 10.0. The van der Waals surface area contributed by atoms with Crippen LogP contribution < -0.4 is 10.6 Å². The predicted molar refractivity (Wildman–Crippen MR) is 107 cm³/mol. The molecule has 0 unspecified atom stereocenters. The highest BCUT2D eigenvalue weighted by molar-refractivity contribution is 6.36. The van der Waals surface area contributed by atoms with Crippen LogP contribution >= 0.6 is 11.6 Å². The predicted octanol–water partition coefficient (Wildman–Crippen LogP) is 5.58. The minimum atomic E-state index is -0.396. The van der Waals surface area contributed by atoms with Crippen LogP contribution in [-0.2, 0) is 4.74 Å². The number of rotatable bonds is 5. The molecule has 0 bridgehead atoms. The van der Waals surface area contributed by atoms with E-state index >= 15 is 0 Å². The first kappa shape index (κ1) is 17.8. The van der Waals surface area contributed by atoms with Crippen LogP contribution in [0.4, 0.5) is 17.1 Å². The molecule has 0 spiro atoms. The van der Waals surface area contributed by atoms with Crippen molar-refractivity contribution in [3.8, 4) is 11.1 Å². The number of nitrogens with one attached hydrogen (secondary N) is 2. The van der Waals surface area contributed by atoms with Gasteiger partial charge in [0.25, 0.3) is 0 Å². The summed E-state index contributed by atoms with van der Waals surface area (Å²) in [5.41, 5.74) is 4.59. The van der Waals surface area contributed by atoms with E-state index in [4.69, 9.17) is 16.3 Å². The molecule has 3 aromatic carbocycles. The van der Waals surface area contributed by atoms with Crippen molar-refractivity contribution in [2.45, 2.75) is 0 Å². The number of benzene rings is 3. The number of ether oxygens (including phenoxy) is 1. The number of anilines is 3. The van der Waals surface area contributed by atoms with Crippen molar-refractivity contribution in [1.29, 1.82) is 0 Å². The number of hydrogen-bond acceptors (Lipinski definition) is 4. The average Bonchev–Trinajstić information content (AvgIpc) is 2.69. The first-order valence-corrected chi connectivity index (χ1v) is 8.53. The van der Waals surface area contributed by atoms with Gasteiger partial charge in [0.1, 0.15) is 0 Å². The third kappa shape index (κ3) is 3.51. The van der Waals surface area contributed by atoms with E-state index in [-0.39, 0.29) is 0 Å². The summed E-state index contributed by atoms with van der Waals surface area (Å²) in [5, 5.41) is 7.05. The van der Waals surface area contributed by atoms with Crippen LogP contribution in [0.5, 0.6) is 0 Å². The summed E-state index contributed by atoms with van der Waals surface area (Å²) in [6.07, 6.45) is 0. The monoisotopic (exact) mass is 366 g/mol. The van der Waals surface area contributed by atoms with Crippen molar-refractivity contribution >= 4 is 34.6 Å². The second kappa shape index (κ2) is 7.93. The molecule has 0 fully saturated rings. The van der Waals surface area contributed by atoms with E-state index in [2.05, 4.69) is 10.6 Å². The number of halogens is 1. The number of carbonyl (C=O) groups excluding carboxylic acids is 1. The highest BCUT2D eigenvalue weighted by Crippen LogP contribution is 2.41. The summed E-state index contributed by atoms with van der Waals surface area (Å²) < 4.78 is 4.87. The molecule has 0 amide bonds. The van der Waals surface area contributed by atoms with Crippen molar-refractivity contribution in [3.63, 3.8) is 0 Å². The first-order valence-electron chi connectivity index (χ1n) is 8.15. The zero-order chi connectivity index (χ0) is 18.5. The third-order valence-electron chi connectivity index (χ3n) is 4.08. The molecule has 0 aliphatic rings. The molecule has 0 aliphatic heterocycles. The quantitative estimate of drug-likeness (QED) is 0.579. The van der Waals surface area contributed by atoms with Crippen molar-refractivity contribution in [2.24, 2.45) is 0 Å². The maximum atomic E-state index is 12.0. The second-order valence-electron chi connectivity index (χ2n) is 5.63. The van der Waals surface area contributed by atoms with Crippen molar-refractivity contribution in [1.82, 2.24) is 0 Å². The second-order valence-corrected chi connectivity index (χ2v) is 6.01. The zero-order valence-corrected chi connectivity index (χ0v) is 15.3. The van der Waals surface area contributed by atoms with Crippen LogP contribution in [0, 0.1) is 0 Å². The minimum Gasteiger partial charge on any atom is -0.465 e. The number of hydrogen-bond donors (Lipinski definition) is 2. The van der Waals surface area contributed by atoms with Gasteiger partial charge < -0.3 is 15.4 Å². The van der Waals surface area contributed by atoms with Gasteiger partial charge in [0.05, 0.1) is 29.1 Å². The van der Waals surface area contributed by atoms with E-state index in [0.29, 0.717) is 16.3 Å². The molecule has 5 heteroatoms. The summed E-state index contributed by atoms with van der Waals surface area (Å²) >= 11 is 6.65. The molecule has 0 saturated heterocycles. The zero-order valence-electron chi connectivity index (χ0n) is 14.5. The Hall–Kier alpha value is -2.98. The fourth-order valence-electron chi connectivity index (χ4n) is 2.79. The lowest BCUT2D eigenvalue weighted by Gasteiger charge is -2.18. The van der Waals surface area contributed by atoms with E-state index in [1.807, 2.05) is 61.6 Å². The van der Waals surface area contributed by atoms with Crippen molar-refractivity contribution in [3.05, 3.63) is 77.3 Å². The molecule has 0 aromatic heterocycles. The molecular formula is C21H19ClN2O2. The highest BCUT2D eigenvalue weighted by atomic mass is 35.5. The van der Waals surface area contributed by atoms with E-state index in [1.165, 1.54) is 7.11 Å². The SMILES string of the molecule is CNc1ccc(Nc2ccccc2C(=O)OC)c(-c2ccccc2)c1Cl. The Morgan fingerprint density at radius 1 is 0.885 bits per heavy atom. The van der Waals surface area contributed by atoms with Gasteiger partial charge in [0.2, 0.25) is 0 Å². The molecule has 3 aromatic rings. The molecule has 0 heterocycles. The molecule has 2 N–H and O–H groups in total. The average molecular weight is 367 g/mol. The summed E-state index contributed by atoms with van der Waals surface area (Å²) in [7, 11) is 3.20. The van der Waals surface area contributed by atoms with Gasteiger partial charge in [-0.2, -0.15) is 0 Å². The standard InChI is InChI=1S/C21H19ClN2O2/c1-23-18-13-12-17(19(20(18)22)14-8-4-3-5-9-14)24-16-11-7-6-10-15(16)21(25)26-2/h3-13,23-24H,1-2H3. The Morgan fingerprint density at radius 3 is 2.23 bits per heavy atom. The van der Waals surface area contributed by atoms with E-state index in [0.717, 1.165) is 22.5 Å². The molecule has 0 atom stereocenters. The normalized spacial score (nSPS) is 10.3. The molecule has 0 saturated carbocycles. The van der Waals surface area contributed by atoms with Crippen molar-refractivity contribution < 1.29 is 9.53 Å². The molecule has 26 heavy (non-hydrogen) atoms. The lowest BCUT2D eigenvalue weighted by molar-refractivity contribution is 0.0602. The van der Waals surface area contributed by atoms with E-state index < -0.39 is 5.97 Å². The summed E-state index contributed by atoms with van der Waals surface area (Å²) in [6.45, 7) is 0. The summed E-state index contributed by atoms with van der Waals surface area (Å²) in [5.74, 6) is -0.396. The summed E-state index contributed by atoms with van der Waals surface area (Å²) in [4.78, 5) is 12.0. The Morgan fingerprint density at radius 2 is 1.54 bits per heavy atom. The largest absolute Gasteiger partial charge is 0.465 e. The molecular weight excluding hydrogens is 348 g/mol. The maximum absolute atomic E-state index is 12.0. The smallest absolute Gasteiger partial charge is 0.339 e. The van der Waals surface area contributed by atoms with Crippen LogP contribution in [0.25, 0.3) is 11.1 Å². The maximum Gasteiger partial charge on any atom is 0.339 e. The van der Waals surface area contributed by atoms with E-state index in [1.54, 1.807) is 12.1 Å². The van der Waals surface area contributed by atoms with Gasteiger partial charge in [-0.15, -0.1) is 0 Å². The van der Waals surface area contributed by atoms with Gasteiger partial charge in [0.15, 0.2) is 0 Å². The van der Waals surface area contributed by atoms with Gasteiger partial charge in [0, 0.05) is 18.3 Å². The Bertz CT molecular complexity index is 927. The minimum absolute atomic E-state index is 0.396. The number of esters is 1. The first-order chi connectivity index (χ1) is 12.7. The van der Waals surface area contributed by atoms with Crippen molar-refractivity contribution in [2.75, 3.05) is 24.8 Å². The van der Waals surface area contributed by atoms with Gasteiger partial charge in [-0.3, -0.25) is 0 Å². The Balaban J connectivity index is 2.13. The van der Waals surface area contributed by atoms with Crippen LogP contribution in [0.2, 0.25) is 5.02 Å². The van der Waals surface area contributed by atoms with Crippen LogP contribution in [0.3, 0.4) is 0 Å². The number of carbonyl (C=O) groups is 1. The molecule has 4 nitrogen and oxygen atoms in total. The molecule has 0 aliphatic carbocycles. The van der Waals surface area contributed by atoms with Crippen LogP contribution in [0.1, 0.15) is 10.4 Å². The number of para-hydroxylation sites is 1. The fraction of sp³-hybridized carbons (Fsp3) is 0.0952. The van der Waals surface area contributed by atoms with Crippen LogP contribution in [-0.4, -0.2) is 20.1 Å². The summed E-state index contributed by atoms with van der Waals surface area (Å²) in [6, 6.07) is 20.9. The van der Waals surface area contributed by atoms with Gasteiger partial charge in [-0.1, -0.05) is 54.1 Å². The Kier molecular flexibility index (Phi) is 5.44. The molecule has 3 rings (SSSR count). The molecule has 0 radical (unpaired) electrons. The fourth-order valence-corrected chi connectivity index (χ4v) is 3.15. The lowest BCUT2D eigenvalue weighted by Crippen LogP contribution is -2.06. The van der Waals surface area contributed by atoms with Crippen LogP contribution in [0.15, 0.2) is 66.7 Å². The third-order valence-corrected chi connectivity index (χ3v) is 4.47. The number of methoxy groups -OCH3 is 1. The van der Waals surface area contributed by atoms with Gasteiger partial charge in [-0.05, 0) is 29.8 Å². The van der Waals surface area contributed by atoms with Gasteiger partial charge >= 0.3 is 5.97 Å². The molecule has 132 valence electrons. The van der Waals surface area contributed by atoms with Gasteiger partial charge in [-0.25, -0.2) is 4.79 Å². The van der Waals surface area contributed by atoms with E-state index in [9.17, 15) is 4.79 Å². The highest BCUT2D eigenvalue weighted by Gasteiger charge is 2.16. The Labute approximate surface area is 157 Å².